The first-order chi connectivity index (χ1) is 11.9. The van der Waals surface area contributed by atoms with Gasteiger partial charge in [0.25, 0.3) is 11.8 Å². The summed E-state index contributed by atoms with van der Waals surface area (Å²) in [6.07, 6.45) is 0. The van der Waals surface area contributed by atoms with Gasteiger partial charge in [-0.15, -0.1) is 11.6 Å². The van der Waals surface area contributed by atoms with Crippen molar-refractivity contribution >= 4 is 23.4 Å². The number of carbonyl (C=O) groups excluding carboxylic acids is 2. The first-order valence-electron chi connectivity index (χ1n) is 7.49. The number of carbonyl (C=O) groups is 2. The van der Waals surface area contributed by atoms with E-state index in [1.807, 2.05) is 30.5 Å². The number of hydrogen-bond donors (Lipinski definition) is 2. The molecule has 0 atom stereocenters. The number of hydrogen-bond acceptors (Lipinski definition) is 4. The number of aryl methyl sites for hydroxylation is 2. The smallest absolute Gasteiger partial charge is 0.271 e. The van der Waals surface area contributed by atoms with Crippen LogP contribution in [0.25, 0.3) is 5.69 Å². The number of halogens is 1. The quantitative estimate of drug-likeness (QED) is 0.628. The van der Waals surface area contributed by atoms with Crippen LogP contribution >= 0.6 is 11.6 Å². The molecule has 0 aliphatic carbocycles. The van der Waals surface area contributed by atoms with E-state index in [1.165, 1.54) is 14.2 Å². The lowest BCUT2D eigenvalue weighted by atomic mass is 10.1. The summed E-state index contributed by atoms with van der Waals surface area (Å²) in [7, 11) is 3.01. The van der Waals surface area contributed by atoms with E-state index in [2.05, 4.69) is 10.9 Å². The number of ether oxygens (including phenoxy) is 2. The molecular formula is C17H20ClN3O4. The number of amides is 2. The molecule has 0 radical (unpaired) electrons. The van der Waals surface area contributed by atoms with Gasteiger partial charge in [0.2, 0.25) is 0 Å². The number of methoxy groups -OCH3 is 2. The Morgan fingerprint density at radius 3 is 2.12 bits per heavy atom. The number of alkyl halides is 1. The molecule has 2 aromatic rings. The lowest BCUT2D eigenvalue weighted by Crippen LogP contribution is -2.42. The molecule has 1 aromatic heterocycles. The molecule has 2 rings (SSSR count). The van der Waals surface area contributed by atoms with E-state index in [0.717, 1.165) is 11.4 Å². The van der Waals surface area contributed by atoms with E-state index in [1.54, 1.807) is 12.1 Å². The van der Waals surface area contributed by atoms with Crippen molar-refractivity contribution in [1.82, 2.24) is 15.4 Å². The van der Waals surface area contributed by atoms with Crippen LogP contribution in [0.3, 0.4) is 0 Å². The minimum Gasteiger partial charge on any atom is -0.493 e. The lowest BCUT2D eigenvalue weighted by molar-refractivity contribution is -0.119. The lowest BCUT2D eigenvalue weighted by Gasteiger charge is -2.18. The summed E-state index contributed by atoms with van der Waals surface area (Å²) in [5.41, 5.74) is 7.41. The molecule has 0 saturated heterocycles. The van der Waals surface area contributed by atoms with Crippen molar-refractivity contribution in [3.05, 3.63) is 41.2 Å². The first kappa shape index (κ1) is 18.7. The molecule has 2 amide bonds. The van der Waals surface area contributed by atoms with Crippen LogP contribution in [-0.4, -0.2) is 36.5 Å². The maximum atomic E-state index is 12.6. The molecule has 0 spiro atoms. The standard InChI is InChI=1S/C17H20ClN3O4/c1-10-5-6-11(2)21(10)13-8-15(25-4)14(24-3)7-12(13)17(23)20-19-16(22)9-18/h5-8H,9H2,1-4H3,(H,19,22)(H,20,23). The molecule has 0 aliphatic heterocycles. The Hall–Kier alpha value is -2.67. The molecule has 0 bridgehead atoms. The Labute approximate surface area is 150 Å². The van der Waals surface area contributed by atoms with E-state index in [0.29, 0.717) is 22.7 Å². The Morgan fingerprint density at radius 1 is 1.04 bits per heavy atom. The summed E-state index contributed by atoms with van der Waals surface area (Å²) in [6, 6.07) is 7.18. The first-order valence-corrected chi connectivity index (χ1v) is 8.02. The average molecular weight is 366 g/mol. The largest absolute Gasteiger partial charge is 0.493 e. The Morgan fingerprint density at radius 2 is 1.60 bits per heavy atom. The summed E-state index contributed by atoms with van der Waals surface area (Å²) in [5, 5.41) is 0. The Bertz CT molecular complexity index is 782. The highest BCUT2D eigenvalue weighted by Gasteiger charge is 2.20. The van der Waals surface area contributed by atoms with Crippen molar-refractivity contribution in [2.45, 2.75) is 13.8 Å². The van der Waals surface area contributed by atoms with Gasteiger partial charge in [-0.25, -0.2) is 0 Å². The maximum Gasteiger partial charge on any atom is 0.271 e. The third kappa shape index (κ3) is 3.88. The second-order valence-electron chi connectivity index (χ2n) is 5.31. The van der Waals surface area contributed by atoms with E-state index >= 15 is 0 Å². The fourth-order valence-corrected chi connectivity index (χ4v) is 2.58. The van der Waals surface area contributed by atoms with Crippen LogP contribution < -0.4 is 20.3 Å². The van der Waals surface area contributed by atoms with Gasteiger partial charge in [-0.3, -0.25) is 20.4 Å². The molecule has 1 heterocycles. The Balaban J connectivity index is 2.56. The summed E-state index contributed by atoms with van der Waals surface area (Å²) >= 11 is 5.42. The van der Waals surface area contributed by atoms with Crippen molar-refractivity contribution in [2.24, 2.45) is 0 Å². The van der Waals surface area contributed by atoms with Crippen molar-refractivity contribution in [3.63, 3.8) is 0 Å². The SMILES string of the molecule is COc1cc(C(=O)NNC(=O)CCl)c(-n2c(C)ccc2C)cc1OC. The average Bonchev–Trinajstić information content (AvgIpc) is 2.96. The highest BCUT2D eigenvalue weighted by molar-refractivity contribution is 6.27. The fraction of sp³-hybridized carbons (Fsp3) is 0.294. The number of rotatable bonds is 5. The van der Waals surface area contributed by atoms with Gasteiger partial charge in [0.05, 0.1) is 25.5 Å². The van der Waals surface area contributed by atoms with Gasteiger partial charge in [0.15, 0.2) is 11.5 Å². The zero-order valence-electron chi connectivity index (χ0n) is 14.5. The minimum absolute atomic E-state index is 0.255. The van der Waals surface area contributed by atoms with Crippen LogP contribution in [-0.2, 0) is 4.79 Å². The second kappa shape index (κ2) is 7.94. The summed E-state index contributed by atoms with van der Waals surface area (Å²) in [6.45, 7) is 3.86. The normalized spacial score (nSPS) is 10.3. The summed E-state index contributed by atoms with van der Waals surface area (Å²) < 4.78 is 12.5. The van der Waals surface area contributed by atoms with Crippen molar-refractivity contribution in [3.8, 4) is 17.2 Å². The van der Waals surface area contributed by atoms with Gasteiger partial charge < -0.3 is 14.0 Å². The van der Waals surface area contributed by atoms with Crippen LogP contribution in [0.5, 0.6) is 11.5 Å². The van der Waals surface area contributed by atoms with Gasteiger partial charge >= 0.3 is 0 Å². The molecule has 2 N–H and O–H groups in total. The molecule has 0 aliphatic rings. The van der Waals surface area contributed by atoms with Gasteiger partial charge in [0, 0.05) is 17.5 Å². The highest BCUT2D eigenvalue weighted by atomic mass is 35.5. The van der Waals surface area contributed by atoms with E-state index in [9.17, 15) is 9.59 Å². The van der Waals surface area contributed by atoms with E-state index < -0.39 is 11.8 Å². The maximum absolute atomic E-state index is 12.6. The summed E-state index contributed by atoms with van der Waals surface area (Å²) in [5.74, 6) is -0.365. The molecule has 8 heteroatoms. The molecule has 7 nitrogen and oxygen atoms in total. The van der Waals surface area contributed by atoms with Gasteiger partial charge in [-0.2, -0.15) is 0 Å². The zero-order chi connectivity index (χ0) is 18.6. The Kier molecular flexibility index (Phi) is 5.93. The molecule has 134 valence electrons. The number of nitrogens with zero attached hydrogens (tertiary/aromatic N) is 1. The van der Waals surface area contributed by atoms with Crippen molar-refractivity contribution in [2.75, 3.05) is 20.1 Å². The number of benzene rings is 1. The van der Waals surface area contributed by atoms with Crippen molar-refractivity contribution in [1.29, 1.82) is 0 Å². The predicted octanol–water partition coefficient (Wildman–Crippen LogP) is 2.11. The van der Waals surface area contributed by atoms with Crippen LogP contribution in [0, 0.1) is 13.8 Å². The molecule has 0 unspecified atom stereocenters. The topological polar surface area (TPSA) is 81.6 Å². The number of nitrogens with one attached hydrogen (secondary N) is 2. The molecule has 1 aromatic carbocycles. The van der Waals surface area contributed by atoms with E-state index in [4.69, 9.17) is 21.1 Å². The monoisotopic (exact) mass is 365 g/mol. The van der Waals surface area contributed by atoms with Crippen LogP contribution in [0.1, 0.15) is 21.7 Å². The molecule has 25 heavy (non-hydrogen) atoms. The van der Waals surface area contributed by atoms with Crippen LogP contribution in [0.4, 0.5) is 0 Å². The fourth-order valence-electron chi connectivity index (χ4n) is 2.51. The second-order valence-corrected chi connectivity index (χ2v) is 5.58. The minimum atomic E-state index is -0.509. The van der Waals surface area contributed by atoms with Crippen LogP contribution in [0.15, 0.2) is 24.3 Å². The van der Waals surface area contributed by atoms with Crippen molar-refractivity contribution < 1.29 is 19.1 Å². The predicted molar refractivity (Wildman–Crippen MR) is 94.7 cm³/mol. The highest BCUT2D eigenvalue weighted by Crippen LogP contribution is 2.33. The zero-order valence-corrected chi connectivity index (χ0v) is 15.2. The third-order valence-corrected chi connectivity index (χ3v) is 3.94. The molecule has 0 fully saturated rings. The van der Waals surface area contributed by atoms with E-state index in [-0.39, 0.29) is 5.88 Å². The number of hydrazine groups is 1. The van der Waals surface area contributed by atoms with Gasteiger partial charge in [-0.05, 0) is 32.0 Å². The van der Waals surface area contributed by atoms with Gasteiger partial charge in [0.1, 0.15) is 5.88 Å². The molecular weight excluding hydrogens is 346 g/mol. The molecule has 0 saturated carbocycles. The summed E-state index contributed by atoms with van der Waals surface area (Å²) in [4.78, 5) is 23.9. The third-order valence-electron chi connectivity index (χ3n) is 3.70. The van der Waals surface area contributed by atoms with Gasteiger partial charge in [-0.1, -0.05) is 0 Å². The number of aromatic nitrogens is 1. The van der Waals surface area contributed by atoms with Crippen LogP contribution in [0.2, 0.25) is 0 Å².